The smallest absolute Gasteiger partial charge is 0.0541 e. The molecule has 0 N–H and O–H groups in total. The first-order chi connectivity index (χ1) is 28.4. The van der Waals surface area contributed by atoms with E-state index < -0.39 is 0 Å². The first kappa shape index (κ1) is 35.3. The van der Waals surface area contributed by atoms with Crippen molar-refractivity contribution in [3.63, 3.8) is 0 Å². The van der Waals surface area contributed by atoms with Gasteiger partial charge in [0, 0.05) is 38.6 Å². The lowest BCUT2D eigenvalue weighted by atomic mass is 9.81. The van der Waals surface area contributed by atoms with Gasteiger partial charge in [0.05, 0.1) is 16.7 Å². The van der Waals surface area contributed by atoms with Gasteiger partial charge in [0.25, 0.3) is 0 Å². The molecule has 9 aromatic rings. The lowest BCUT2D eigenvalue weighted by Crippen LogP contribution is -2.19. The number of fused-ring (bicyclic) bond motifs is 5. The number of nitrogens with zero attached hydrogens (tertiary/aromatic N) is 2. The van der Waals surface area contributed by atoms with Gasteiger partial charge in [-0.1, -0.05) is 166 Å². The monoisotopic (exact) mass is 744 g/mol. The van der Waals surface area contributed by atoms with E-state index in [-0.39, 0.29) is 5.41 Å². The Morgan fingerprint density at radius 1 is 0.534 bits per heavy atom. The molecule has 58 heavy (non-hydrogen) atoms. The molecule has 2 nitrogen and oxygen atoms in total. The second-order valence-electron chi connectivity index (χ2n) is 15.8. The van der Waals surface area contributed by atoms with Gasteiger partial charge >= 0.3 is 0 Å². The van der Waals surface area contributed by atoms with Crippen molar-refractivity contribution in [1.29, 1.82) is 0 Å². The molecular formula is C56H44N2. The maximum Gasteiger partial charge on any atom is 0.0541 e. The minimum Gasteiger partial charge on any atom is -0.310 e. The highest BCUT2D eigenvalue weighted by molar-refractivity contribution is 6.12. The number of hydrogen-bond donors (Lipinski definition) is 0. The molecule has 1 aliphatic carbocycles. The molecule has 1 aliphatic rings. The van der Waals surface area contributed by atoms with Crippen LogP contribution in [0.2, 0.25) is 0 Å². The van der Waals surface area contributed by atoms with Crippen LogP contribution in [0.15, 0.2) is 218 Å². The number of aromatic nitrogens is 1. The molecule has 0 radical (unpaired) electrons. The summed E-state index contributed by atoms with van der Waals surface area (Å²) in [4.78, 5) is 2.36. The standard InChI is InChI=1S/C56H44N2/c1-5-44-47-26-14-16-29-51(47)56(3,4)52(44)35-38(2)57(43-24-18-21-40(36-43)39-19-8-6-9-20-39)54-34-32-45(46-25-12-13-27-48(46)54)41-31-33-55-50(37-41)49-28-15-17-30-53(49)58(55)42-22-10-7-11-23-42/h5-37H,2H2,1,3-4H3/b44-5-,52-35?. The van der Waals surface area contributed by atoms with Crippen molar-refractivity contribution in [3.8, 4) is 27.9 Å². The molecule has 0 atom stereocenters. The fraction of sp³-hybridized carbons (Fsp3) is 0.0714. The van der Waals surface area contributed by atoms with Crippen LogP contribution in [-0.4, -0.2) is 4.57 Å². The summed E-state index contributed by atoms with van der Waals surface area (Å²) in [5.74, 6) is 0. The lowest BCUT2D eigenvalue weighted by Gasteiger charge is -2.30. The van der Waals surface area contributed by atoms with Crippen LogP contribution >= 0.6 is 0 Å². The summed E-state index contributed by atoms with van der Waals surface area (Å²) in [7, 11) is 0. The van der Waals surface area contributed by atoms with E-state index in [1.807, 2.05) is 0 Å². The van der Waals surface area contributed by atoms with Crippen molar-refractivity contribution >= 4 is 49.5 Å². The Morgan fingerprint density at radius 3 is 1.98 bits per heavy atom. The van der Waals surface area contributed by atoms with Gasteiger partial charge in [-0.2, -0.15) is 0 Å². The highest BCUT2D eigenvalue weighted by atomic mass is 15.1. The van der Waals surface area contributed by atoms with Crippen molar-refractivity contribution in [2.45, 2.75) is 26.2 Å². The number of hydrogen-bond acceptors (Lipinski definition) is 1. The number of allylic oxidation sites excluding steroid dienone is 4. The average molecular weight is 745 g/mol. The van der Waals surface area contributed by atoms with E-state index in [1.165, 1.54) is 66.2 Å². The molecule has 278 valence electrons. The van der Waals surface area contributed by atoms with Crippen molar-refractivity contribution in [2.24, 2.45) is 0 Å². The molecule has 0 amide bonds. The normalized spacial score (nSPS) is 14.7. The van der Waals surface area contributed by atoms with Gasteiger partial charge < -0.3 is 9.47 Å². The van der Waals surface area contributed by atoms with Crippen molar-refractivity contribution in [2.75, 3.05) is 4.90 Å². The summed E-state index contributed by atoms with van der Waals surface area (Å²) >= 11 is 0. The molecule has 0 saturated heterocycles. The molecule has 10 rings (SSSR count). The molecule has 0 fully saturated rings. The van der Waals surface area contributed by atoms with Crippen LogP contribution < -0.4 is 4.90 Å². The van der Waals surface area contributed by atoms with E-state index in [1.54, 1.807) is 0 Å². The zero-order chi connectivity index (χ0) is 39.4. The van der Waals surface area contributed by atoms with Gasteiger partial charge in [0.15, 0.2) is 0 Å². The predicted molar refractivity (Wildman–Crippen MR) is 248 cm³/mol. The largest absolute Gasteiger partial charge is 0.310 e. The zero-order valence-electron chi connectivity index (χ0n) is 33.2. The fourth-order valence-corrected chi connectivity index (χ4v) is 9.33. The lowest BCUT2D eigenvalue weighted by molar-refractivity contribution is 0.660. The van der Waals surface area contributed by atoms with Crippen LogP contribution in [-0.2, 0) is 5.41 Å². The zero-order valence-corrected chi connectivity index (χ0v) is 33.2. The average Bonchev–Trinajstić information content (AvgIpc) is 3.71. The highest BCUT2D eigenvalue weighted by Gasteiger charge is 2.38. The molecule has 2 heteroatoms. The van der Waals surface area contributed by atoms with Crippen molar-refractivity contribution in [3.05, 3.63) is 229 Å². The molecule has 0 unspecified atom stereocenters. The Bertz CT molecular complexity index is 3100. The van der Waals surface area contributed by atoms with Gasteiger partial charge in [-0.05, 0) is 111 Å². The topological polar surface area (TPSA) is 8.17 Å². The molecule has 8 aromatic carbocycles. The highest BCUT2D eigenvalue weighted by Crippen LogP contribution is 2.51. The molecule has 0 spiro atoms. The Hall–Kier alpha value is -7.16. The van der Waals surface area contributed by atoms with Crippen LogP contribution in [0.25, 0.3) is 66.1 Å². The van der Waals surface area contributed by atoms with Gasteiger partial charge in [0.2, 0.25) is 0 Å². The van der Waals surface area contributed by atoms with Gasteiger partial charge in [-0.15, -0.1) is 0 Å². The van der Waals surface area contributed by atoms with E-state index in [9.17, 15) is 0 Å². The summed E-state index contributed by atoms with van der Waals surface area (Å²) in [5, 5.41) is 4.84. The minimum atomic E-state index is -0.187. The van der Waals surface area contributed by atoms with Crippen LogP contribution in [0, 0.1) is 0 Å². The summed E-state index contributed by atoms with van der Waals surface area (Å²) in [6.45, 7) is 11.7. The van der Waals surface area contributed by atoms with E-state index in [2.05, 4.69) is 230 Å². The van der Waals surface area contributed by atoms with E-state index >= 15 is 0 Å². The fourth-order valence-electron chi connectivity index (χ4n) is 9.33. The molecule has 0 aliphatic heterocycles. The molecular weight excluding hydrogens is 701 g/mol. The van der Waals surface area contributed by atoms with Gasteiger partial charge in [-0.3, -0.25) is 0 Å². The van der Waals surface area contributed by atoms with E-state index in [0.29, 0.717) is 0 Å². The van der Waals surface area contributed by atoms with E-state index in [0.717, 1.165) is 33.7 Å². The van der Waals surface area contributed by atoms with Crippen LogP contribution in [0.1, 0.15) is 31.9 Å². The maximum absolute atomic E-state index is 4.87. The number of para-hydroxylation sites is 2. The molecule has 0 bridgehead atoms. The second-order valence-corrected chi connectivity index (χ2v) is 15.8. The second kappa shape index (κ2) is 14.1. The third-order valence-electron chi connectivity index (χ3n) is 12.1. The summed E-state index contributed by atoms with van der Waals surface area (Å²) < 4.78 is 2.38. The van der Waals surface area contributed by atoms with Gasteiger partial charge in [0.1, 0.15) is 0 Å². The molecule has 1 heterocycles. The SMILES string of the molecule is C=C(C=C1/C(=C\C)c2ccccc2C1(C)C)N(c1cccc(-c2ccccc2)c1)c1ccc(-c2ccc3c(c2)c2ccccc2n3-c2ccccc2)c2ccccc12. The first-order valence-electron chi connectivity index (χ1n) is 20.2. The quantitative estimate of drug-likeness (QED) is 0.158. The first-order valence-corrected chi connectivity index (χ1v) is 20.2. The Kier molecular flexibility index (Phi) is 8.57. The third-order valence-corrected chi connectivity index (χ3v) is 12.1. The van der Waals surface area contributed by atoms with Crippen LogP contribution in [0.4, 0.5) is 11.4 Å². The van der Waals surface area contributed by atoms with E-state index in [4.69, 9.17) is 6.58 Å². The van der Waals surface area contributed by atoms with Gasteiger partial charge in [-0.25, -0.2) is 0 Å². The minimum absolute atomic E-state index is 0.187. The third kappa shape index (κ3) is 5.72. The Balaban J connectivity index is 1.16. The Labute approximate surface area is 341 Å². The summed E-state index contributed by atoms with van der Waals surface area (Å²) in [6.07, 6.45) is 4.58. The number of rotatable bonds is 7. The van der Waals surface area contributed by atoms with Crippen LogP contribution in [0.5, 0.6) is 0 Å². The summed E-state index contributed by atoms with van der Waals surface area (Å²) in [5.41, 5.74) is 16.3. The Morgan fingerprint density at radius 2 is 1.19 bits per heavy atom. The maximum atomic E-state index is 4.87. The number of anilines is 2. The molecule has 1 aromatic heterocycles. The summed E-state index contributed by atoms with van der Waals surface area (Å²) in [6, 6.07) is 68.1. The molecule has 0 saturated carbocycles. The number of benzene rings is 8. The predicted octanol–water partition coefficient (Wildman–Crippen LogP) is 15.2. The van der Waals surface area contributed by atoms with Crippen molar-refractivity contribution in [1.82, 2.24) is 4.57 Å². The van der Waals surface area contributed by atoms with Crippen molar-refractivity contribution < 1.29 is 0 Å². The van der Waals surface area contributed by atoms with Crippen LogP contribution in [0.3, 0.4) is 0 Å².